The van der Waals surface area contributed by atoms with E-state index in [4.69, 9.17) is 10.5 Å². The van der Waals surface area contributed by atoms with Crippen molar-refractivity contribution in [3.05, 3.63) is 58.7 Å². The lowest BCUT2D eigenvalue weighted by atomic mass is 10.0. The predicted octanol–water partition coefficient (Wildman–Crippen LogP) is 3.29. The zero-order valence-electron chi connectivity index (χ0n) is 13.1. The molecule has 0 spiro atoms. The Kier molecular flexibility index (Phi) is 5.01. The number of primary amides is 1. The summed E-state index contributed by atoms with van der Waals surface area (Å²) in [6, 6.07) is 7.93. The van der Waals surface area contributed by atoms with Gasteiger partial charge in [0.25, 0.3) is 0 Å². The first-order valence-electron chi connectivity index (χ1n) is 7.07. The molecule has 0 aromatic heterocycles. The molecule has 0 aliphatic heterocycles. The van der Waals surface area contributed by atoms with E-state index in [2.05, 4.69) is 0 Å². The Bertz CT molecular complexity index is 831. The number of carbonyl (C=O) groups is 2. The van der Waals surface area contributed by atoms with Gasteiger partial charge in [0.05, 0.1) is 5.56 Å². The molecule has 5 nitrogen and oxygen atoms in total. The second-order valence-corrected chi connectivity index (χ2v) is 5.24. The molecule has 2 aromatic carbocycles. The van der Waals surface area contributed by atoms with Crippen molar-refractivity contribution in [1.82, 2.24) is 0 Å². The van der Waals surface area contributed by atoms with Crippen molar-refractivity contribution in [3.63, 3.8) is 0 Å². The van der Waals surface area contributed by atoms with Crippen LogP contribution >= 0.6 is 0 Å². The van der Waals surface area contributed by atoms with Gasteiger partial charge in [0.2, 0.25) is 5.91 Å². The molecule has 25 heavy (non-hydrogen) atoms. The van der Waals surface area contributed by atoms with E-state index in [-0.39, 0.29) is 12.2 Å². The quantitative estimate of drug-likeness (QED) is 0.807. The van der Waals surface area contributed by atoms with E-state index in [1.807, 2.05) is 0 Å². The molecular formula is C17H14F3NO4. The van der Waals surface area contributed by atoms with Crippen LogP contribution in [0.15, 0.2) is 36.4 Å². The summed E-state index contributed by atoms with van der Waals surface area (Å²) in [5.74, 6) is -3.19. The number of phenolic OH excluding ortho intramolecular Hbond substituents is 1. The van der Waals surface area contributed by atoms with Gasteiger partial charge >= 0.3 is 6.18 Å². The first-order chi connectivity index (χ1) is 11.6. The first-order valence-corrected chi connectivity index (χ1v) is 7.07. The van der Waals surface area contributed by atoms with Gasteiger partial charge in [0.15, 0.2) is 5.78 Å². The Balaban J connectivity index is 2.37. The number of alkyl halides is 3. The molecule has 1 amide bonds. The topological polar surface area (TPSA) is 89.6 Å². The van der Waals surface area contributed by atoms with E-state index >= 15 is 0 Å². The van der Waals surface area contributed by atoms with Crippen LogP contribution in [0.25, 0.3) is 0 Å². The van der Waals surface area contributed by atoms with Crippen molar-refractivity contribution in [1.29, 1.82) is 0 Å². The summed E-state index contributed by atoms with van der Waals surface area (Å²) in [7, 11) is 0. The minimum absolute atomic E-state index is 0.187. The number of ketones is 1. The molecule has 0 unspecified atom stereocenters. The van der Waals surface area contributed by atoms with Gasteiger partial charge in [-0.15, -0.1) is 0 Å². The average molecular weight is 353 g/mol. The van der Waals surface area contributed by atoms with Gasteiger partial charge in [0, 0.05) is 5.56 Å². The Morgan fingerprint density at radius 2 is 1.88 bits per heavy atom. The summed E-state index contributed by atoms with van der Waals surface area (Å²) in [4.78, 5) is 22.5. The number of carbonyl (C=O) groups excluding carboxylic acids is 2. The highest BCUT2D eigenvalue weighted by atomic mass is 19.4. The molecule has 8 heteroatoms. The van der Waals surface area contributed by atoms with Crippen LogP contribution in [0.3, 0.4) is 0 Å². The molecular weight excluding hydrogens is 339 g/mol. The van der Waals surface area contributed by atoms with Crippen molar-refractivity contribution in [3.8, 4) is 11.5 Å². The smallest absolute Gasteiger partial charge is 0.423 e. The molecule has 0 aliphatic carbocycles. The molecule has 0 radical (unpaired) electrons. The summed E-state index contributed by atoms with van der Waals surface area (Å²) in [6.07, 6.45) is -4.92. The third-order valence-electron chi connectivity index (χ3n) is 3.41. The number of nitrogens with two attached hydrogens (primary N) is 1. The van der Waals surface area contributed by atoms with Crippen LogP contribution in [0.5, 0.6) is 11.5 Å². The van der Waals surface area contributed by atoms with Crippen LogP contribution in [0.1, 0.15) is 38.8 Å². The molecule has 0 saturated carbocycles. The van der Waals surface area contributed by atoms with Gasteiger partial charge < -0.3 is 15.6 Å². The van der Waals surface area contributed by atoms with E-state index in [0.717, 1.165) is 19.1 Å². The van der Waals surface area contributed by atoms with Gasteiger partial charge in [-0.1, -0.05) is 12.1 Å². The summed E-state index contributed by atoms with van der Waals surface area (Å²) in [5, 5.41) is 9.81. The number of ether oxygens (including phenoxy) is 1. The first kappa shape index (κ1) is 18.3. The standard InChI is InChI=1S/C17H14F3NO4/c1-9(22)12-5-6-13(14(15(12)23)17(18,19)20)25-8-10-3-2-4-11(7-10)16(21)24/h2-7,23H,8H2,1H3,(H2,21,24). The van der Waals surface area contributed by atoms with Gasteiger partial charge in [-0.2, -0.15) is 13.2 Å². The highest BCUT2D eigenvalue weighted by Gasteiger charge is 2.39. The summed E-state index contributed by atoms with van der Waals surface area (Å²) < 4.78 is 44.9. The van der Waals surface area contributed by atoms with Crippen molar-refractivity contribution in [2.75, 3.05) is 0 Å². The maximum atomic E-state index is 13.2. The Labute approximate surface area is 140 Å². The van der Waals surface area contributed by atoms with Crippen LogP contribution in [0.4, 0.5) is 13.2 Å². The largest absolute Gasteiger partial charge is 0.506 e. The lowest BCUT2D eigenvalue weighted by molar-refractivity contribution is -0.140. The second kappa shape index (κ2) is 6.84. The Morgan fingerprint density at radius 1 is 1.20 bits per heavy atom. The lowest BCUT2D eigenvalue weighted by Crippen LogP contribution is -2.12. The van der Waals surface area contributed by atoms with E-state index in [0.29, 0.717) is 5.56 Å². The molecule has 0 atom stereocenters. The Hall–Kier alpha value is -3.03. The molecule has 0 saturated heterocycles. The molecule has 0 fully saturated rings. The normalized spacial score (nSPS) is 11.2. The van der Waals surface area contributed by atoms with Crippen LogP contribution in [-0.2, 0) is 12.8 Å². The number of halogens is 3. The monoisotopic (exact) mass is 353 g/mol. The van der Waals surface area contributed by atoms with Crippen molar-refractivity contribution in [2.24, 2.45) is 5.73 Å². The van der Waals surface area contributed by atoms with Gasteiger partial charge in [-0.05, 0) is 36.8 Å². The highest BCUT2D eigenvalue weighted by molar-refractivity contribution is 5.97. The fraction of sp³-hybridized carbons (Fsp3) is 0.176. The van der Waals surface area contributed by atoms with E-state index < -0.39 is 40.5 Å². The zero-order chi connectivity index (χ0) is 18.8. The Morgan fingerprint density at radius 3 is 2.44 bits per heavy atom. The fourth-order valence-electron chi connectivity index (χ4n) is 2.23. The summed E-state index contributed by atoms with van der Waals surface area (Å²) >= 11 is 0. The van der Waals surface area contributed by atoms with Crippen LogP contribution < -0.4 is 10.5 Å². The number of Topliss-reactive ketones (excluding diaryl/α,β-unsaturated/α-hetero) is 1. The average Bonchev–Trinajstić information content (AvgIpc) is 2.51. The molecule has 0 heterocycles. The maximum absolute atomic E-state index is 13.2. The van der Waals surface area contributed by atoms with E-state index in [9.17, 15) is 27.9 Å². The van der Waals surface area contributed by atoms with E-state index in [1.165, 1.54) is 18.2 Å². The molecule has 0 aliphatic rings. The van der Waals surface area contributed by atoms with Crippen molar-refractivity contribution >= 4 is 11.7 Å². The van der Waals surface area contributed by atoms with Gasteiger partial charge in [0.1, 0.15) is 23.7 Å². The number of aromatic hydroxyl groups is 1. The van der Waals surface area contributed by atoms with Crippen molar-refractivity contribution in [2.45, 2.75) is 19.7 Å². The molecule has 3 N–H and O–H groups in total. The minimum Gasteiger partial charge on any atom is -0.506 e. The number of benzene rings is 2. The lowest BCUT2D eigenvalue weighted by Gasteiger charge is -2.17. The molecule has 2 rings (SSSR count). The van der Waals surface area contributed by atoms with Crippen LogP contribution in [0.2, 0.25) is 0 Å². The summed E-state index contributed by atoms with van der Waals surface area (Å²) in [5.41, 5.74) is 3.87. The summed E-state index contributed by atoms with van der Waals surface area (Å²) in [6.45, 7) is 0.758. The maximum Gasteiger partial charge on any atom is 0.423 e. The number of hydrogen-bond acceptors (Lipinski definition) is 4. The highest BCUT2D eigenvalue weighted by Crippen LogP contribution is 2.44. The number of amides is 1. The SMILES string of the molecule is CC(=O)c1ccc(OCc2cccc(C(N)=O)c2)c(C(F)(F)F)c1O. The van der Waals surface area contributed by atoms with Crippen LogP contribution in [-0.4, -0.2) is 16.8 Å². The fourth-order valence-corrected chi connectivity index (χ4v) is 2.23. The number of hydrogen-bond donors (Lipinski definition) is 2. The number of phenols is 1. The van der Waals surface area contributed by atoms with E-state index in [1.54, 1.807) is 6.07 Å². The third-order valence-corrected chi connectivity index (χ3v) is 3.41. The minimum atomic E-state index is -4.92. The van der Waals surface area contributed by atoms with Crippen LogP contribution in [0, 0.1) is 0 Å². The molecule has 132 valence electrons. The van der Waals surface area contributed by atoms with Gasteiger partial charge in [-0.25, -0.2) is 0 Å². The zero-order valence-corrected chi connectivity index (χ0v) is 13.1. The predicted molar refractivity (Wildman–Crippen MR) is 82.4 cm³/mol. The molecule has 0 bridgehead atoms. The van der Waals surface area contributed by atoms with Crippen molar-refractivity contribution < 1.29 is 32.6 Å². The van der Waals surface area contributed by atoms with Gasteiger partial charge in [-0.3, -0.25) is 9.59 Å². The molecule has 2 aromatic rings. The second-order valence-electron chi connectivity index (χ2n) is 5.24. The number of rotatable bonds is 5. The third kappa shape index (κ3) is 4.09.